The predicted octanol–water partition coefficient (Wildman–Crippen LogP) is 4.87. The number of Topliss-reactive ketones (excluding diaryl/α,β-unsaturated/α-hetero) is 1. The molecule has 0 unspecified atom stereocenters. The molecule has 0 saturated carbocycles. The minimum absolute atomic E-state index is 0.0100. The Morgan fingerprint density at radius 3 is 2.28 bits per heavy atom. The number of aromatic nitrogens is 3. The van der Waals surface area contributed by atoms with E-state index in [1.165, 1.54) is 13.1 Å². The van der Waals surface area contributed by atoms with Crippen LogP contribution in [0.3, 0.4) is 0 Å². The molecule has 6 nitrogen and oxygen atoms in total. The molecule has 0 aliphatic carbocycles. The molecule has 0 spiro atoms. The minimum atomic E-state index is 0.0100. The molecular formula is C17H13Cl2N5O. The lowest BCUT2D eigenvalue weighted by atomic mass is 10.1. The van der Waals surface area contributed by atoms with E-state index in [4.69, 9.17) is 23.2 Å². The molecule has 0 saturated heterocycles. The Hall–Kier alpha value is -2.70. The number of hydrogen-bond donors (Lipinski definition) is 2. The first-order chi connectivity index (χ1) is 12.0. The van der Waals surface area contributed by atoms with Gasteiger partial charge in [-0.15, -0.1) is 5.10 Å². The van der Waals surface area contributed by atoms with E-state index in [2.05, 4.69) is 25.8 Å². The van der Waals surface area contributed by atoms with Crippen LogP contribution in [0, 0.1) is 0 Å². The third-order valence-electron chi connectivity index (χ3n) is 3.24. The Morgan fingerprint density at radius 2 is 1.64 bits per heavy atom. The quantitative estimate of drug-likeness (QED) is 0.621. The summed E-state index contributed by atoms with van der Waals surface area (Å²) in [6.45, 7) is 1.52. The van der Waals surface area contributed by atoms with Crippen LogP contribution in [-0.2, 0) is 0 Å². The van der Waals surface area contributed by atoms with Crippen molar-refractivity contribution in [1.29, 1.82) is 0 Å². The van der Waals surface area contributed by atoms with Crippen LogP contribution < -0.4 is 10.6 Å². The average Bonchev–Trinajstić information content (AvgIpc) is 2.54. The van der Waals surface area contributed by atoms with E-state index in [0.29, 0.717) is 33.1 Å². The van der Waals surface area contributed by atoms with E-state index < -0.39 is 0 Å². The summed E-state index contributed by atoms with van der Waals surface area (Å²) >= 11 is 12.0. The first-order valence-corrected chi connectivity index (χ1v) is 8.06. The molecular weight excluding hydrogens is 361 g/mol. The van der Waals surface area contributed by atoms with Gasteiger partial charge < -0.3 is 10.6 Å². The van der Waals surface area contributed by atoms with Gasteiger partial charge in [-0.1, -0.05) is 23.2 Å². The molecule has 8 heteroatoms. The SMILES string of the molecule is CC(=O)c1ccc(Nc2nncc(Nc3cc(Cl)cc(Cl)c3)n2)cc1. The Kier molecular flexibility index (Phi) is 5.11. The number of anilines is 4. The number of carbonyl (C=O) groups is 1. The third kappa shape index (κ3) is 4.65. The number of ketones is 1. The number of benzene rings is 2. The minimum Gasteiger partial charge on any atom is -0.339 e. The van der Waals surface area contributed by atoms with Gasteiger partial charge in [-0.25, -0.2) is 0 Å². The van der Waals surface area contributed by atoms with Gasteiger partial charge in [-0.05, 0) is 49.4 Å². The van der Waals surface area contributed by atoms with Gasteiger partial charge in [0.25, 0.3) is 0 Å². The Balaban J connectivity index is 1.75. The van der Waals surface area contributed by atoms with Crippen molar-refractivity contribution in [2.45, 2.75) is 6.92 Å². The van der Waals surface area contributed by atoms with E-state index in [9.17, 15) is 4.79 Å². The van der Waals surface area contributed by atoms with Crippen molar-refractivity contribution >= 4 is 52.1 Å². The molecule has 126 valence electrons. The van der Waals surface area contributed by atoms with Gasteiger partial charge in [0.1, 0.15) is 0 Å². The highest BCUT2D eigenvalue weighted by Gasteiger charge is 2.05. The zero-order valence-electron chi connectivity index (χ0n) is 13.1. The predicted molar refractivity (Wildman–Crippen MR) is 99.3 cm³/mol. The van der Waals surface area contributed by atoms with E-state index in [1.54, 1.807) is 42.5 Å². The number of hydrogen-bond acceptors (Lipinski definition) is 6. The van der Waals surface area contributed by atoms with Gasteiger partial charge in [0.05, 0.1) is 6.20 Å². The largest absolute Gasteiger partial charge is 0.339 e. The molecule has 0 amide bonds. The molecule has 0 bridgehead atoms. The summed E-state index contributed by atoms with van der Waals surface area (Å²) in [5.41, 5.74) is 2.07. The normalized spacial score (nSPS) is 10.4. The molecule has 1 heterocycles. The van der Waals surface area contributed by atoms with E-state index >= 15 is 0 Å². The molecule has 0 radical (unpaired) electrons. The summed E-state index contributed by atoms with van der Waals surface area (Å²) in [6.07, 6.45) is 1.48. The highest BCUT2D eigenvalue weighted by molar-refractivity contribution is 6.35. The van der Waals surface area contributed by atoms with Crippen LogP contribution in [0.25, 0.3) is 0 Å². The average molecular weight is 374 g/mol. The lowest BCUT2D eigenvalue weighted by Gasteiger charge is -2.08. The Morgan fingerprint density at radius 1 is 0.960 bits per heavy atom. The molecule has 3 rings (SSSR count). The number of nitrogens with zero attached hydrogens (tertiary/aromatic N) is 3. The van der Waals surface area contributed by atoms with Gasteiger partial charge in [-0.3, -0.25) is 4.79 Å². The number of rotatable bonds is 5. The van der Waals surface area contributed by atoms with Gasteiger partial charge in [0, 0.05) is 27.0 Å². The molecule has 2 aromatic carbocycles. The molecule has 0 fully saturated rings. The molecule has 0 atom stereocenters. The second-order valence-corrected chi connectivity index (χ2v) is 6.08. The van der Waals surface area contributed by atoms with Crippen LogP contribution >= 0.6 is 23.2 Å². The van der Waals surface area contributed by atoms with Gasteiger partial charge >= 0.3 is 0 Å². The third-order valence-corrected chi connectivity index (χ3v) is 3.68. The summed E-state index contributed by atoms with van der Waals surface area (Å²) in [4.78, 5) is 15.6. The van der Waals surface area contributed by atoms with Crippen molar-refractivity contribution in [3.05, 3.63) is 64.3 Å². The number of halogens is 2. The molecule has 0 aliphatic rings. The first-order valence-electron chi connectivity index (χ1n) is 7.30. The Bertz CT molecular complexity index is 895. The smallest absolute Gasteiger partial charge is 0.249 e. The van der Waals surface area contributed by atoms with Gasteiger partial charge in [-0.2, -0.15) is 10.1 Å². The second kappa shape index (κ2) is 7.46. The Labute approximate surface area is 154 Å². The van der Waals surface area contributed by atoms with E-state index in [0.717, 1.165) is 5.69 Å². The van der Waals surface area contributed by atoms with Crippen molar-refractivity contribution in [2.75, 3.05) is 10.6 Å². The van der Waals surface area contributed by atoms with Crippen LogP contribution in [0.5, 0.6) is 0 Å². The van der Waals surface area contributed by atoms with Crippen molar-refractivity contribution in [3.8, 4) is 0 Å². The summed E-state index contributed by atoms with van der Waals surface area (Å²) in [5, 5.41) is 15.0. The zero-order valence-corrected chi connectivity index (χ0v) is 14.6. The monoisotopic (exact) mass is 373 g/mol. The molecule has 2 N–H and O–H groups in total. The van der Waals surface area contributed by atoms with Crippen LogP contribution in [-0.4, -0.2) is 21.0 Å². The van der Waals surface area contributed by atoms with Crippen LogP contribution in [0.2, 0.25) is 10.0 Å². The maximum absolute atomic E-state index is 11.3. The zero-order chi connectivity index (χ0) is 17.8. The van der Waals surface area contributed by atoms with Crippen molar-refractivity contribution < 1.29 is 4.79 Å². The van der Waals surface area contributed by atoms with Crippen molar-refractivity contribution in [3.63, 3.8) is 0 Å². The maximum Gasteiger partial charge on any atom is 0.249 e. The van der Waals surface area contributed by atoms with E-state index in [1.807, 2.05) is 0 Å². The summed E-state index contributed by atoms with van der Waals surface area (Å²) in [6, 6.07) is 12.1. The highest BCUT2D eigenvalue weighted by atomic mass is 35.5. The van der Waals surface area contributed by atoms with Crippen LogP contribution in [0.15, 0.2) is 48.7 Å². The molecule has 25 heavy (non-hydrogen) atoms. The summed E-state index contributed by atoms with van der Waals surface area (Å²) in [7, 11) is 0. The number of carbonyl (C=O) groups excluding carboxylic acids is 1. The molecule has 3 aromatic rings. The fraction of sp³-hybridized carbons (Fsp3) is 0.0588. The second-order valence-electron chi connectivity index (χ2n) is 5.21. The van der Waals surface area contributed by atoms with Crippen LogP contribution in [0.4, 0.5) is 23.1 Å². The van der Waals surface area contributed by atoms with Crippen molar-refractivity contribution in [1.82, 2.24) is 15.2 Å². The van der Waals surface area contributed by atoms with Crippen LogP contribution in [0.1, 0.15) is 17.3 Å². The lowest BCUT2D eigenvalue weighted by Crippen LogP contribution is -2.02. The fourth-order valence-corrected chi connectivity index (χ4v) is 2.63. The summed E-state index contributed by atoms with van der Waals surface area (Å²) in [5.74, 6) is 0.806. The highest BCUT2D eigenvalue weighted by Crippen LogP contribution is 2.24. The summed E-state index contributed by atoms with van der Waals surface area (Å²) < 4.78 is 0. The van der Waals surface area contributed by atoms with Gasteiger partial charge in [0.15, 0.2) is 11.6 Å². The van der Waals surface area contributed by atoms with E-state index in [-0.39, 0.29) is 5.78 Å². The standard InChI is InChI=1S/C17H13Cl2N5O/c1-10(25)11-2-4-14(5-3-11)22-17-23-16(9-20-24-17)21-15-7-12(18)6-13(19)8-15/h2-9H,1H3,(H2,21,22,23,24). The first kappa shape index (κ1) is 17.1. The topological polar surface area (TPSA) is 79.8 Å². The van der Waals surface area contributed by atoms with Crippen molar-refractivity contribution in [2.24, 2.45) is 0 Å². The molecule has 0 aliphatic heterocycles. The van der Waals surface area contributed by atoms with Gasteiger partial charge in [0.2, 0.25) is 5.95 Å². The number of nitrogens with one attached hydrogen (secondary N) is 2. The molecule has 1 aromatic heterocycles. The fourth-order valence-electron chi connectivity index (χ4n) is 2.11. The maximum atomic E-state index is 11.3. The lowest BCUT2D eigenvalue weighted by molar-refractivity contribution is 0.101.